The lowest BCUT2D eigenvalue weighted by atomic mass is 9.97. The van der Waals surface area contributed by atoms with Crippen molar-refractivity contribution in [2.24, 2.45) is 0 Å². The van der Waals surface area contributed by atoms with E-state index in [1.54, 1.807) is 0 Å². The summed E-state index contributed by atoms with van der Waals surface area (Å²) >= 11 is 0. The fourth-order valence-electron chi connectivity index (χ4n) is 5.00. The van der Waals surface area contributed by atoms with Gasteiger partial charge in [0.2, 0.25) is 6.29 Å². The van der Waals surface area contributed by atoms with Crippen molar-refractivity contribution in [3.8, 4) is 34.3 Å². The maximum Gasteiger partial charge on any atom is 0.229 e. The molecular weight excluding hydrogens is 576 g/mol. The Morgan fingerprint density at radius 3 is 2.28 bits per heavy atom. The van der Waals surface area contributed by atoms with Crippen molar-refractivity contribution in [2.75, 3.05) is 13.7 Å². The number of aromatic hydroxyl groups is 2. The van der Waals surface area contributed by atoms with Gasteiger partial charge in [-0.2, -0.15) is 0 Å². The maximum atomic E-state index is 12.9. The first-order chi connectivity index (χ1) is 20.4. The summed E-state index contributed by atoms with van der Waals surface area (Å²) in [6, 6.07) is 7.74. The standard InChI is InChI=1S/C28H32O15/c1-10-21(33)23(35)25(37)27(39-10)43-26-24(36)22(34)19(9-29)42-28(26)40-12-6-14(31)20-15(32)8-16(41-18(20)7-12)11-3-4-13(30)17(5-11)38-2/h3-8,10,19,21-31,33-37H,9H2,1-2H3/t10-,19-,21-,22-,23+,24+,25+,26-,27-,28+/m1/s1. The lowest BCUT2D eigenvalue weighted by Crippen LogP contribution is -2.64. The van der Waals surface area contributed by atoms with E-state index in [0.717, 1.165) is 12.1 Å². The lowest BCUT2D eigenvalue weighted by molar-refractivity contribution is -0.354. The minimum Gasteiger partial charge on any atom is -0.507 e. The van der Waals surface area contributed by atoms with E-state index in [1.165, 1.54) is 38.3 Å². The molecule has 10 atom stereocenters. The summed E-state index contributed by atoms with van der Waals surface area (Å²) in [5, 5.41) is 82.0. The van der Waals surface area contributed by atoms with E-state index < -0.39 is 79.2 Å². The number of phenols is 2. The van der Waals surface area contributed by atoms with Crippen LogP contribution in [0.2, 0.25) is 0 Å². The third kappa shape index (κ3) is 5.86. The van der Waals surface area contributed by atoms with Crippen LogP contribution in [0.4, 0.5) is 0 Å². The Labute approximate surface area is 243 Å². The van der Waals surface area contributed by atoms with E-state index >= 15 is 0 Å². The van der Waals surface area contributed by atoms with Gasteiger partial charge < -0.3 is 69.0 Å². The molecule has 234 valence electrons. The number of phenolic OH excluding ortho intramolecular Hbond substituents is 2. The number of hydrogen-bond donors (Lipinski definition) is 8. The zero-order valence-corrected chi connectivity index (χ0v) is 22.9. The number of benzene rings is 2. The highest BCUT2D eigenvalue weighted by molar-refractivity contribution is 5.86. The summed E-state index contributed by atoms with van der Waals surface area (Å²) in [6.45, 7) is 0.690. The van der Waals surface area contributed by atoms with Crippen LogP contribution in [-0.2, 0) is 14.2 Å². The van der Waals surface area contributed by atoms with Crippen LogP contribution in [0.25, 0.3) is 22.3 Å². The molecule has 15 nitrogen and oxygen atoms in total. The summed E-state index contributed by atoms with van der Waals surface area (Å²) in [5.74, 6) is -0.614. The third-order valence-electron chi connectivity index (χ3n) is 7.42. The van der Waals surface area contributed by atoms with E-state index in [-0.39, 0.29) is 34.0 Å². The van der Waals surface area contributed by atoms with Crippen LogP contribution < -0.4 is 14.9 Å². The first-order valence-corrected chi connectivity index (χ1v) is 13.3. The lowest BCUT2D eigenvalue weighted by Gasteiger charge is -2.45. The quantitative estimate of drug-likeness (QED) is 0.159. The van der Waals surface area contributed by atoms with Crippen molar-refractivity contribution in [1.82, 2.24) is 0 Å². The van der Waals surface area contributed by atoms with Crippen molar-refractivity contribution in [3.63, 3.8) is 0 Å². The first-order valence-electron chi connectivity index (χ1n) is 13.3. The molecule has 0 spiro atoms. The minimum atomic E-state index is -1.77. The highest BCUT2D eigenvalue weighted by Gasteiger charge is 2.50. The molecule has 0 radical (unpaired) electrons. The van der Waals surface area contributed by atoms with Gasteiger partial charge in [0.15, 0.2) is 29.3 Å². The molecular formula is C28H32O15. The summed E-state index contributed by atoms with van der Waals surface area (Å²) in [5.41, 5.74) is -0.340. The van der Waals surface area contributed by atoms with Crippen molar-refractivity contribution < 1.29 is 69.0 Å². The van der Waals surface area contributed by atoms with Crippen molar-refractivity contribution in [3.05, 3.63) is 46.6 Å². The molecule has 2 aromatic carbocycles. The number of fused-ring (bicyclic) bond motifs is 1. The number of aliphatic hydroxyl groups is 6. The Balaban J connectivity index is 1.49. The largest absolute Gasteiger partial charge is 0.507 e. The Kier molecular flexibility index (Phi) is 8.80. The molecule has 0 aliphatic carbocycles. The van der Waals surface area contributed by atoms with Crippen LogP contribution in [0.3, 0.4) is 0 Å². The van der Waals surface area contributed by atoms with Gasteiger partial charge >= 0.3 is 0 Å². The van der Waals surface area contributed by atoms with Crippen molar-refractivity contribution in [2.45, 2.75) is 68.3 Å². The smallest absolute Gasteiger partial charge is 0.229 e. The number of ether oxygens (including phenoxy) is 5. The molecule has 0 amide bonds. The molecule has 0 bridgehead atoms. The summed E-state index contributed by atoms with van der Waals surface area (Å²) in [7, 11) is 1.35. The van der Waals surface area contributed by atoms with E-state index in [1.807, 2.05) is 0 Å². The van der Waals surface area contributed by atoms with Crippen LogP contribution >= 0.6 is 0 Å². The fourth-order valence-corrected chi connectivity index (χ4v) is 5.00. The second-order valence-electron chi connectivity index (χ2n) is 10.3. The van der Waals surface area contributed by atoms with Gasteiger partial charge in [-0.05, 0) is 25.1 Å². The van der Waals surface area contributed by atoms with E-state index in [4.69, 9.17) is 28.1 Å². The van der Waals surface area contributed by atoms with Gasteiger partial charge in [-0.25, -0.2) is 0 Å². The predicted octanol–water partition coefficient (Wildman–Crippen LogP) is -1.09. The number of hydrogen-bond acceptors (Lipinski definition) is 15. The first kappa shape index (κ1) is 30.9. The van der Waals surface area contributed by atoms with Crippen molar-refractivity contribution in [1.29, 1.82) is 0 Å². The van der Waals surface area contributed by atoms with E-state index in [9.17, 15) is 45.6 Å². The molecule has 15 heteroatoms. The molecule has 0 unspecified atom stereocenters. The number of methoxy groups -OCH3 is 1. The number of aliphatic hydroxyl groups excluding tert-OH is 6. The monoisotopic (exact) mass is 608 g/mol. The molecule has 2 fully saturated rings. The van der Waals surface area contributed by atoms with E-state index in [2.05, 4.69) is 0 Å². The van der Waals surface area contributed by atoms with Gasteiger partial charge in [0, 0.05) is 23.8 Å². The molecule has 3 aromatic rings. The van der Waals surface area contributed by atoms with Gasteiger partial charge in [-0.1, -0.05) is 0 Å². The molecule has 2 saturated heterocycles. The van der Waals surface area contributed by atoms with Gasteiger partial charge in [0.1, 0.15) is 64.9 Å². The molecule has 43 heavy (non-hydrogen) atoms. The molecule has 2 aliphatic heterocycles. The van der Waals surface area contributed by atoms with Gasteiger partial charge in [0.05, 0.1) is 19.8 Å². The highest BCUT2D eigenvalue weighted by atomic mass is 16.8. The average Bonchev–Trinajstić information content (AvgIpc) is 2.97. The molecule has 3 heterocycles. The minimum absolute atomic E-state index is 0.0691. The third-order valence-corrected chi connectivity index (χ3v) is 7.42. The Bertz CT molecular complexity index is 1510. The predicted molar refractivity (Wildman–Crippen MR) is 143 cm³/mol. The highest BCUT2D eigenvalue weighted by Crippen LogP contribution is 2.36. The summed E-state index contributed by atoms with van der Waals surface area (Å²) < 4.78 is 33.6. The second-order valence-corrected chi connectivity index (χ2v) is 10.3. The summed E-state index contributed by atoms with van der Waals surface area (Å²) in [4.78, 5) is 12.9. The van der Waals surface area contributed by atoms with Crippen LogP contribution in [0.15, 0.2) is 45.6 Å². The summed E-state index contributed by atoms with van der Waals surface area (Å²) in [6.07, 6.45) is -15.4. The molecule has 1 aromatic heterocycles. The van der Waals surface area contributed by atoms with E-state index in [0.29, 0.717) is 5.56 Å². The Morgan fingerprint density at radius 1 is 0.837 bits per heavy atom. The molecule has 5 rings (SSSR count). The zero-order valence-electron chi connectivity index (χ0n) is 22.9. The van der Waals surface area contributed by atoms with Gasteiger partial charge in [-0.3, -0.25) is 4.79 Å². The average molecular weight is 609 g/mol. The fraction of sp³-hybridized carbons (Fsp3) is 0.464. The number of rotatable bonds is 7. The molecule has 8 N–H and O–H groups in total. The Hall–Kier alpha value is -3.51. The van der Waals surface area contributed by atoms with Crippen LogP contribution in [0.5, 0.6) is 23.0 Å². The second kappa shape index (κ2) is 12.2. The topological polar surface area (TPSA) is 238 Å². The molecule has 2 aliphatic rings. The van der Waals surface area contributed by atoms with Crippen LogP contribution in [0.1, 0.15) is 6.92 Å². The maximum absolute atomic E-state index is 12.9. The van der Waals surface area contributed by atoms with Crippen LogP contribution in [0, 0.1) is 0 Å². The molecule has 0 saturated carbocycles. The van der Waals surface area contributed by atoms with Crippen LogP contribution in [-0.4, -0.2) is 116 Å². The van der Waals surface area contributed by atoms with Gasteiger partial charge in [-0.15, -0.1) is 0 Å². The SMILES string of the molecule is COc1cc(-c2cc(=O)c3c(O)cc(O[C@H]4O[C@H](CO)[C@@H](O)[C@H](O)[C@H]4O[C@H]4O[C@H](C)[C@@H](O)[C@H](O)[C@@H]4O)cc3o2)ccc1O. The normalized spacial score (nSPS) is 32.9. The zero-order chi connectivity index (χ0) is 31.2. The Morgan fingerprint density at radius 2 is 1.58 bits per heavy atom. The van der Waals surface area contributed by atoms with Crippen molar-refractivity contribution >= 4 is 11.0 Å². The van der Waals surface area contributed by atoms with Gasteiger partial charge in [0.25, 0.3) is 0 Å².